The van der Waals surface area contributed by atoms with Gasteiger partial charge in [0.1, 0.15) is 0 Å². The Morgan fingerprint density at radius 1 is 1.30 bits per heavy atom. The van der Waals surface area contributed by atoms with Crippen molar-refractivity contribution in [2.45, 2.75) is 90.3 Å². The predicted molar refractivity (Wildman–Crippen MR) is 110 cm³/mol. The Morgan fingerprint density at radius 3 is 2.26 bits per heavy atom. The third-order valence-electron chi connectivity index (χ3n) is 6.64. The van der Waals surface area contributed by atoms with Crippen molar-refractivity contribution in [3.05, 3.63) is 11.5 Å². The molecule has 2 rings (SSSR count). The molecule has 0 radical (unpaired) electrons. The molecule has 1 atom stereocenters. The molecule has 27 heavy (non-hydrogen) atoms. The van der Waals surface area contributed by atoms with Gasteiger partial charge in [-0.15, -0.1) is 0 Å². The van der Waals surface area contributed by atoms with Gasteiger partial charge in [0.25, 0.3) is 0 Å². The molecule has 1 unspecified atom stereocenters. The molecule has 2 aliphatic rings. The van der Waals surface area contributed by atoms with E-state index in [1.807, 2.05) is 33.7 Å². The van der Waals surface area contributed by atoms with Crippen LogP contribution < -0.4 is 0 Å². The highest BCUT2D eigenvalue weighted by atomic mass is 28.4. The first-order valence-electron chi connectivity index (χ1n) is 9.74. The molecule has 0 saturated carbocycles. The zero-order chi connectivity index (χ0) is 20.8. The van der Waals surface area contributed by atoms with Gasteiger partial charge >= 0.3 is 13.2 Å². The Bertz CT molecular complexity index is 596. The maximum atomic E-state index is 11.7. The Morgan fingerprint density at radius 2 is 1.81 bits per heavy atom. The van der Waals surface area contributed by atoms with E-state index in [4.69, 9.17) is 13.7 Å². The van der Waals surface area contributed by atoms with Crippen molar-refractivity contribution >= 4 is 21.5 Å². The molecule has 154 valence electrons. The molecule has 0 aromatic rings. The largest absolute Gasteiger partial charge is 0.487 e. The topological polar surface area (TPSA) is 68.2 Å². The number of hydrogen-bond acceptors (Lipinski definition) is 4. The summed E-state index contributed by atoms with van der Waals surface area (Å²) in [6, 6.07) is -0.162. The summed E-state index contributed by atoms with van der Waals surface area (Å²) in [6.07, 6.45) is -0.249. The molecule has 2 fully saturated rings. The molecular formula is C19H36BNO5Si. The van der Waals surface area contributed by atoms with Gasteiger partial charge in [0, 0.05) is 6.54 Å². The van der Waals surface area contributed by atoms with Crippen molar-refractivity contribution in [1.82, 2.24) is 4.90 Å². The summed E-state index contributed by atoms with van der Waals surface area (Å²) < 4.78 is 18.3. The second-order valence-corrected chi connectivity index (χ2v) is 15.1. The highest BCUT2D eigenvalue weighted by Crippen LogP contribution is 2.39. The molecule has 6 nitrogen and oxygen atoms in total. The van der Waals surface area contributed by atoms with Gasteiger partial charge in [-0.05, 0) is 52.2 Å². The molecule has 0 bridgehead atoms. The molecule has 1 amide bonds. The molecule has 1 N–H and O–H groups in total. The minimum absolute atomic E-state index is 0.0982. The zero-order valence-corrected chi connectivity index (χ0v) is 19.4. The molecule has 2 heterocycles. The van der Waals surface area contributed by atoms with Crippen molar-refractivity contribution in [1.29, 1.82) is 0 Å². The monoisotopic (exact) mass is 397 g/mol. The molecular weight excluding hydrogens is 361 g/mol. The molecule has 0 aromatic carbocycles. The van der Waals surface area contributed by atoms with E-state index in [0.717, 1.165) is 5.57 Å². The van der Waals surface area contributed by atoms with Crippen LogP contribution in [-0.2, 0) is 13.7 Å². The summed E-state index contributed by atoms with van der Waals surface area (Å²) in [5, 5.41) is 9.71. The summed E-state index contributed by atoms with van der Waals surface area (Å²) in [4.78, 5) is 13.2. The number of amides is 1. The van der Waals surface area contributed by atoms with Gasteiger partial charge in [-0.3, -0.25) is 4.90 Å². The summed E-state index contributed by atoms with van der Waals surface area (Å²) in [5.74, 6) is 1.94. The average molecular weight is 397 g/mol. The average Bonchev–Trinajstić information content (AvgIpc) is 2.94. The van der Waals surface area contributed by atoms with Gasteiger partial charge in [0.2, 0.25) is 0 Å². The number of carbonyl (C=O) groups is 1. The first kappa shape index (κ1) is 22.5. The van der Waals surface area contributed by atoms with Crippen LogP contribution in [0.25, 0.3) is 0 Å². The van der Waals surface area contributed by atoms with Crippen LogP contribution in [0.4, 0.5) is 4.79 Å². The van der Waals surface area contributed by atoms with Crippen LogP contribution in [0.2, 0.25) is 18.1 Å². The van der Waals surface area contributed by atoms with Crippen molar-refractivity contribution in [2.75, 3.05) is 13.2 Å². The van der Waals surface area contributed by atoms with Gasteiger partial charge in [-0.1, -0.05) is 32.3 Å². The molecule has 2 aliphatic heterocycles. The van der Waals surface area contributed by atoms with E-state index < -0.39 is 32.7 Å². The Balaban J connectivity index is 2.08. The SMILES string of the molecule is CC1(C)OB(C=C2CC(CO[Si](C)(C)C(C)(C)C)N(C(=O)O)C2)OC1(C)C. The quantitative estimate of drug-likeness (QED) is 0.716. The van der Waals surface area contributed by atoms with Gasteiger partial charge < -0.3 is 18.8 Å². The minimum atomic E-state index is -1.92. The second kappa shape index (κ2) is 7.21. The summed E-state index contributed by atoms with van der Waals surface area (Å²) in [5.41, 5.74) is 0.231. The van der Waals surface area contributed by atoms with Crippen LogP contribution in [0.3, 0.4) is 0 Å². The van der Waals surface area contributed by atoms with E-state index in [9.17, 15) is 9.90 Å². The smallest absolute Gasteiger partial charge is 0.465 e. The standard InChI is InChI=1S/C19H36BNO5Si/c1-17(2,3)27(8,9)24-13-15-10-14(12-21(15)16(22)23)11-20-25-18(4,5)19(6,7)26-20/h11,15H,10,12-13H2,1-9H3,(H,22,23). The molecule has 0 aromatic heterocycles. The fourth-order valence-corrected chi connectivity index (χ4v) is 4.03. The van der Waals surface area contributed by atoms with Crippen molar-refractivity contribution in [3.63, 3.8) is 0 Å². The lowest BCUT2D eigenvalue weighted by atomic mass is 9.86. The number of rotatable bonds is 4. The van der Waals surface area contributed by atoms with Gasteiger partial charge in [-0.2, -0.15) is 0 Å². The zero-order valence-electron chi connectivity index (χ0n) is 18.4. The molecule has 8 heteroatoms. The minimum Gasteiger partial charge on any atom is -0.465 e. The van der Waals surface area contributed by atoms with Crippen molar-refractivity contribution in [3.8, 4) is 0 Å². The van der Waals surface area contributed by atoms with Crippen LogP contribution in [0.15, 0.2) is 11.5 Å². The normalized spacial score (nSPS) is 26.9. The first-order valence-corrected chi connectivity index (χ1v) is 12.7. The van der Waals surface area contributed by atoms with Gasteiger partial charge in [-0.25, -0.2) is 4.79 Å². The summed E-state index contributed by atoms with van der Waals surface area (Å²) in [7, 11) is -2.36. The Kier molecular flexibility index (Phi) is 6.00. The van der Waals surface area contributed by atoms with Crippen molar-refractivity contribution in [2.24, 2.45) is 0 Å². The number of carboxylic acid groups (broad SMARTS) is 1. The van der Waals surface area contributed by atoms with Gasteiger partial charge in [0.15, 0.2) is 8.32 Å². The lowest BCUT2D eigenvalue weighted by molar-refractivity contribution is 0.00578. The number of nitrogens with zero attached hydrogens (tertiary/aromatic N) is 1. The summed E-state index contributed by atoms with van der Waals surface area (Å²) in [6.45, 7) is 19.8. The second-order valence-electron chi connectivity index (χ2n) is 10.3. The van der Waals surface area contributed by atoms with E-state index in [1.165, 1.54) is 4.90 Å². The van der Waals surface area contributed by atoms with E-state index >= 15 is 0 Å². The van der Waals surface area contributed by atoms with Crippen LogP contribution in [0.1, 0.15) is 54.9 Å². The molecule has 2 saturated heterocycles. The molecule has 0 spiro atoms. The van der Waals surface area contributed by atoms with Crippen LogP contribution >= 0.6 is 0 Å². The van der Waals surface area contributed by atoms with Gasteiger partial charge in [0.05, 0.1) is 23.9 Å². The van der Waals surface area contributed by atoms with E-state index in [0.29, 0.717) is 19.6 Å². The van der Waals surface area contributed by atoms with Crippen LogP contribution in [-0.4, -0.2) is 61.9 Å². The van der Waals surface area contributed by atoms with E-state index in [-0.39, 0.29) is 11.1 Å². The highest BCUT2D eigenvalue weighted by Gasteiger charge is 2.50. The fraction of sp³-hybridized carbons (Fsp3) is 0.842. The van der Waals surface area contributed by atoms with Crippen LogP contribution in [0, 0.1) is 0 Å². The lowest BCUT2D eigenvalue weighted by Crippen LogP contribution is -2.45. The third-order valence-corrected chi connectivity index (χ3v) is 11.1. The van der Waals surface area contributed by atoms with E-state index in [2.05, 4.69) is 33.9 Å². The highest BCUT2D eigenvalue weighted by molar-refractivity contribution is 6.74. The lowest BCUT2D eigenvalue weighted by Gasteiger charge is -2.37. The Hall–Kier alpha value is -0.828. The fourth-order valence-electron chi connectivity index (χ4n) is 2.99. The maximum Gasteiger partial charge on any atom is 0.487 e. The third kappa shape index (κ3) is 4.78. The van der Waals surface area contributed by atoms with E-state index in [1.54, 1.807) is 0 Å². The van der Waals surface area contributed by atoms with Crippen molar-refractivity contribution < 1.29 is 23.6 Å². The Labute approximate surface area is 165 Å². The molecule has 0 aliphatic carbocycles. The predicted octanol–water partition coefficient (Wildman–Crippen LogP) is 4.32. The number of likely N-dealkylation sites (tertiary alicyclic amines) is 1. The number of hydrogen-bond donors (Lipinski definition) is 1. The first-order chi connectivity index (χ1) is 12.1. The maximum absolute atomic E-state index is 11.7. The summed E-state index contributed by atoms with van der Waals surface area (Å²) >= 11 is 0. The van der Waals surface area contributed by atoms with Crippen LogP contribution in [0.5, 0.6) is 0 Å².